The predicted molar refractivity (Wildman–Crippen MR) is 154 cm³/mol. The highest BCUT2D eigenvalue weighted by atomic mass is 32.1. The number of benzene rings is 1. The molecule has 39 heavy (non-hydrogen) atoms. The van der Waals surface area contributed by atoms with Gasteiger partial charge in [-0.2, -0.15) is 0 Å². The zero-order chi connectivity index (χ0) is 29.1. The van der Waals surface area contributed by atoms with Gasteiger partial charge in [-0.05, 0) is 60.0 Å². The monoisotopic (exact) mass is 557 g/mol. The maximum Gasteiger partial charge on any atom is 0.416 e. The third-order valence-electron chi connectivity index (χ3n) is 7.22. The first-order valence-electron chi connectivity index (χ1n) is 13.5. The van der Waals surface area contributed by atoms with E-state index in [0.29, 0.717) is 11.7 Å². The van der Waals surface area contributed by atoms with Gasteiger partial charge >= 0.3 is 12.1 Å². The van der Waals surface area contributed by atoms with E-state index >= 15 is 0 Å². The Hall–Kier alpha value is -2.87. The first-order valence-corrected chi connectivity index (χ1v) is 14.3. The van der Waals surface area contributed by atoms with Crippen LogP contribution in [0.4, 0.5) is 4.79 Å². The number of methoxy groups -OCH3 is 2. The van der Waals surface area contributed by atoms with E-state index in [1.165, 1.54) is 37.5 Å². The van der Waals surface area contributed by atoms with Crippen molar-refractivity contribution in [3.05, 3.63) is 40.3 Å². The Bertz CT molecular complexity index is 1200. The third-order valence-corrected chi connectivity index (χ3v) is 8.52. The van der Waals surface area contributed by atoms with Crippen LogP contribution in [0.25, 0.3) is 10.4 Å². The van der Waals surface area contributed by atoms with Crippen molar-refractivity contribution in [2.75, 3.05) is 27.4 Å². The van der Waals surface area contributed by atoms with E-state index in [2.05, 4.69) is 45.9 Å². The standard InChI is InChI=1S/C31H43NO6S/c1-19(2)16-32(29(35)37-9)24(33)17-38-25-20(3)26(39-27(25)28(34)36-8)22-12-10-11-21(13-22)23-14-30(4,5)18-31(6,7)15-23/h10-13,19,23H,14-18H2,1-9H3. The molecule has 7 nitrogen and oxygen atoms in total. The highest BCUT2D eigenvalue weighted by Gasteiger charge is 2.39. The van der Waals surface area contributed by atoms with Crippen molar-refractivity contribution in [2.45, 2.75) is 73.6 Å². The van der Waals surface area contributed by atoms with Crippen LogP contribution in [0.15, 0.2) is 24.3 Å². The number of hydrogen-bond acceptors (Lipinski definition) is 7. The molecule has 1 heterocycles. The van der Waals surface area contributed by atoms with Crippen molar-refractivity contribution in [3.63, 3.8) is 0 Å². The van der Waals surface area contributed by atoms with Gasteiger partial charge in [-0.1, -0.05) is 65.8 Å². The second-order valence-corrected chi connectivity index (χ2v) is 13.6. The van der Waals surface area contributed by atoms with Crippen LogP contribution in [0.2, 0.25) is 0 Å². The lowest BCUT2D eigenvalue weighted by Crippen LogP contribution is -2.42. The molecule has 1 saturated carbocycles. The van der Waals surface area contributed by atoms with E-state index in [9.17, 15) is 14.4 Å². The van der Waals surface area contributed by atoms with Crippen LogP contribution in [-0.2, 0) is 14.3 Å². The van der Waals surface area contributed by atoms with Crippen LogP contribution in [0.5, 0.6) is 5.75 Å². The summed E-state index contributed by atoms with van der Waals surface area (Å²) in [4.78, 5) is 40.0. The maximum absolute atomic E-state index is 12.9. The minimum absolute atomic E-state index is 0.0563. The van der Waals surface area contributed by atoms with Crippen LogP contribution in [0.3, 0.4) is 0 Å². The lowest BCUT2D eigenvalue weighted by Gasteiger charge is -2.45. The average Bonchev–Trinajstić information content (AvgIpc) is 3.19. The normalized spacial score (nSPS) is 16.6. The predicted octanol–water partition coefficient (Wildman–Crippen LogP) is 7.46. The van der Waals surface area contributed by atoms with E-state index in [1.807, 2.05) is 26.8 Å². The molecule has 0 saturated heterocycles. The summed E-state index contributed by atoms with van der Waals surface area (Å²) in [5, 5.41) is 0. The summed E-state index contributed by atoms with van der Waals surface area (Å²) in [6.45, 7) is 14.9. The zero-order valence-electron chi connectivity index (χ0n) is 24.8. The zero-order valence-corrected chi connectivity index (χ0v) is 25.6. The summed E-state index contributed by atoms with van der Waals surface area (Å²) in [5.41, 5.74) is 3.57. The van der Waals surface area contributed by atoms with Gasteiger partial charge in [0.05, 0.1) is 14.2 Å². The summed E-state index contributed by atoms with van der Waals surface area (Å²) in [6, 6.07) is 8.53. The second-order valence-electron chi connectivity index (χ2n) is 12.6. The van der Waals surface area contributed by atoms with E-state index in [-0.39, 0.29) is 28.2 Å². The number of nitrogens with zero attached hydrogens (tertiary/aromatic N) is 1. The number of hydrogen-bond donors (Lipinski definition) is 0. The maximum atomic E-state index is 12.9. The molecule has 0 unspecified atom stereocenters. The number of esters is 1. The van der Waals surface area contributed by atoms with Crippen LogP contribution >= 0.6 is 11.3 Å². The number of imide groups is 1. The van der Waals surface area contributed by atoms with Crippen LogP contribution in [0.1, 0.15) is 87.5 Å². The minimum atomic E-state index is -0.737. The van der Waals surface area contributed by atoms with Crippen molar-refractivity contribution in [1.29, 1.82) is 0 Å². The number of amides is 2. The fourth-order valence-corrected chi connectivity index (χ4v) is 7.32. The van der Waals surface area contributed by atoms with Crippen LogP contribution in [0, 0.1) is 23.7 Å². The Labute approximate surface area is 236 Å². The lowest BCUT2D eigenvalue weighted by molar-refractivity contribution is -0.131. The fourth-order valence-electron chi connectivity index (χ4n) is 6.16. The average molecular weight is 558 g/mol. The van der Waals surface area contributed by atoms with E-state index in [4.69, 9.17) is 14.2 Å². The molecular weight excluding hydrogens is 514 g/mol. The molecular formula is C31H43NO6S. The summed E-state index contributed by atoms with van der Waals surface area (Å²) >= 11 is 1.29. The molecule has 1 aliphatic carbocycles. The molecule has 8 heteroatoms. The Morgan fingerprint density at radius 1 is 1.05 bits per heavy atom. The molecule has 0 atom stereocenters. The van der Waals surface area contributed by atoms with Gasteiger partial charge < -0.3 is 14.2 Å². The Kier molecular flexibility index (Phi) is 9.52. The molecule has 0 aliphatic heterocycles. The summed E-state index contributed by atoms with van der Waals surface area (Å²) in [7, 11) is 2.55. The molecule has 0 radical (unpaired) electrons. The molecule has 2 amide bonds. The Morgan fingerprint density at radius 3 is 2.26 bits per heavy atom. The largest absolute Gasteiger partial charge is 0.482 e. The highest BCUT2D eigenvalue weighted by Crippen LogP contribution is 2.52. The molecule has 0 N–H and O–H groups in total. The highest BCUT2D eigenvalue weighted by molar-refractivity contribution is 7.18. The van der Waals surface area contributed by atoms with Gasteiger partial charge in [0.15, 0.2) is 11.5 Å². The van der Waals surface area contributed by atoms with E-state index in [1.54, 1.807) is 0 Å². The second kappa shape index (κ2) is 12.1. The smallest absolute Gasteiger partial charge is 0.416 e. The molecule has 0 spiro atoms. The van der Waals surface area contributed by atoms with E-state index < -0.39 is 24.6 Å². The van der Waals surface area contributed by atoms with Crippen molar-refractivity contribution in [2.24, 2.45) is 16.7 Å². The van der Waals surface area contributed by atoms with Gasteiger partial charge in [-0.3, -0.25) is 4.79 Å². The topological polar surface area (TPSA) is 82.1 Å². The van der Waals surface area contributed by atoms with Crippen molar-refractivity contribution >= 4 is 29.3 Å². The fraction of sp³-hybridized carbons (Fsp3) is 0.581. The first-order chi connectivity index (χ1) is 18.2. The number of rotatable bonds is 8. The van der Waals surface area contributed by atoms with Gasteiger partial charge in [0.1, 0.15) is 5.75 Å². The minimum Gasteiger partial charge on any atom is -0.482 e. The summed E-state index contributed by atoms with van der Waals surface area (Å²) in [5.74, 6) is -0.267. The summed E-state index contributed by atoms with van der Waals surface area (Å²) in [6.07, 6.45) is 2.71. The van der Waals surface area contributed by atoms with Crippen molar-refractivity contribution < 1.29 is 28.6 Å². The number of ether oxygens (including phenoxy) is 3. The number of thiophene rings is 1. The van der Waals surface area contributed by atoms with Gasteiger partial charge in [-0.25, -0.2) is 14.5 Å². The molecule has 3 rings (SSSR count). The molecule has 2 aromatic rings. The first kappa shape index (κ1) is 30.7. The van der Waals surface area contributed by atoms with Crippen molar-refractivity contribution in [1.82, 2.24) is 4.90 Å². The van der Waals surface area contributed by atoms with Gasteiger partial charge in [-0.15, -0.1) is 11.3 Å². The lowest BCUT2D eigenvalue weighted by atomic mass is 9.60. The molecule has 1 aromatic heterocycles. The SMILES string of the molecule is COC(=O)c1sc(-c2cccc(C3CC(C)(C)CC(C)(C)C3)c2)c(C)c1OCC(=O)N(CC(C)C)C(=O)OC. The Morgan fingerprint density at radius 2 is 1.69 bits per heavy atom. The van der Waals surface area contributed by atoms with Gasteiger partial charge in [0.2, 0.25) is 0 Å². The molecule has 0 bridgehead atoms. The Balaban J connectivity index is 1.93. The molecule has 214 valence electrons. The molecule has 1 fully saturated rings. The quantitative estimate of drug-likeness (QED) is 0.313. The summed E-state index contributed by atoms with van der Waals surface area (Å²) < 4.78 is 15.7. The third kappa shape index (κ3) is 7.41. The van der Waals surface area contributed by atoms with Gasteiger partial charge in [0.25, 0.3) is 5.91 Å². The van der Waals surface area contributed by atoms with Crippen molar-refractivity contribution in [3.8, 4) is 16.2 Å². The van der Waals surface area contributed by atoms with Crippen LogP contribution in [-0.4, -0.2) is 50.2 Å². The number of carbonyl (C=O) groups excluding carboxylic acids is 3. The molecule has 1 aromatic carbocycles. The molecule has 1 aliphatic rings. The van der Waals surface area contributed by atoms with Gasteiger partial charge in [0, 0.05) is 17.0 Å². The van der Waals surface area contributed by atoms with Crippen LogP contribution < -0.4 is 4.74 Å². The number of carbonyl (C=O) groups is 3. The van der Waals surface area contributed by atoms with E-state index in [0.717, 1.165) is 33.7 Å².